The predicted molar refractivity (Wildman–Crippen MR) is 223 cm³/mol. The summed E-state index contributed by atoms with van der Waals surface area (Å²) in [5.41, 5.74) is 2.32. The number of nitrogens with zero attached hydrogens (tertiary/aromatic N) is 3. The van der Waals surface area contributed by atoms with Crippen molar-refractivity contribution in [2.45, 2.75) is 77.7 Å². The monoisotopic (exact) mass is 840 g/mol. The van der Waals surface area contributed by atoms with Gasteiger partial charge in [-0.15, -0.1) is 0 Å². The lowest BCUT2D eigenvalue weighted by atomic mass is 9.81. The fraction of sp³-hybridized carbons (Fsp3) is 0.467. The van der Waals surface area contributed by atoms with E-state index in [-0.39, 0.29) is 65.7 Å². The largest absolute Gasteiger partial charge is 0.458 e. The maximum absolute atomic E-state index is 15.3. The average molecular weight is 841 g/mol. The Morgan fingerprint density at radius 1 is 1.05 bits per heavy atom. The van der Waals surface area contributed by atoms with Crippen LogP contribution in [-0.2, 0) is 58.6 Å². The highest BCUT2D eigenvalue weighted by molar-refractivity contribution is 6.12. The number of hydrogen-bond acceptors (Lipinski definition) is 12. The van der Waals surface area contributed by atoms with Gasteiger partial charge in [0, 0.05) is 66.8 Å². The van der Waals surface area contributed by atoms with Gasteiger partial charge in [0.15, 0.2) is 5.60 Å². The topological polar surface area (TPSA) is 190 Å². The molecular formula is C45H53FN6O9. The van der Waals surface area contributed by atoms with Crippen molar-refractivity contribution in [3.05, 3.63) is 98.3 Å². The summed E-state index contributed by atoms with van der Waals surface area (Å²) in [7, 11) is 0. The van der Waals surface area contributed by atoms with Crippen molar-refractivity contribution >= 4 is 34.6 Å². The third-order valence-electron chi connectivity index (χ3n) is 11.9. The molecule has 5 heterocycles. The second kappa shape index (κ2) is 19.0. The summed E-state index contributed by atoms with van der Waals surface area (Å²) >= 11 is 0. The van der Waals surface area contributed by atoms with E-state index in [4.69, 9.17) is 19.2 Å². The van der Waals surface area contributed by atoms with Gasteiger partial charge in [-0.05, 0) is 68.0 Å². The molecule has 7 rings (SSSR count). The van der Waals surface area contributed by atoms with Gasteiger partial charge in [-0.1, -0.05) is 32.1 Å². The van der Waals surface area contributed by atoms with Gasteiger partial charge in [0.2, 0.25) is 5.91 Å². The number of halogens is 1. The molecule has 3 atom stereocenters. The fourth-order valence-corrected chi connectivity index (χ4v) is 8.40. The number of hydrogen-bond donors (Lipinski definition) is 4. The molecule has 324 valence electrons. The van der Waals surface area contributed by atoms with Gasteiger partial charge in [-0.2, -0.15) is 0 Å². The number of carbonyl (C=O) groups excluding carboxylic acids is 4. The zero-order valence-electron chi connectivity index (χ0n) is 34.8. The first-order valence-corrected chi connectivity index (χ1v) is 21.0. The molecule has 15 nitrogen and oxygen atoms in total. The number of nitrogens with one attached hydrogen (secondary N) is 3. The highest BCUT2D eigenvalue weighted by Crippen LogP contribution is 2.46. The second-order valence-electron chi connectivity index (χ2n) is 15.8. The van der Waals surface area contributed by atoms with Crippen LogP contribution in [-0.4, -0.2) is 95.9 Å². The first-order valence-electron chi connectivity index (χ1n) is 21.0. The summed E-state index contributed by atoms with van der Waals surface area (Å²) < 4.78 is 33.3. The number of cyclic esters (lactones) is 1. The van der Waals surface area contributed by atoms with Crippen LogP contribution in [0, 0.1) is 18.7 Å². The maximum atomic E-state index is 15.3. The summed E-state index contributed by atoms with van der Waals surface area (Å²) in [5.74, 6) is -2.24. The lowest BCUT2D eigenvalue weighted by Gasteiger charge is -2.31. The highest BCUT2D eigenvalue weighted by atomic mass is 19.1. The second-order valence-corrected chi connectivity index (χ2v) is 15.8. The number of aliphatic hydroxyl groups is 1. The number of ether oxygens (including phenoxy) is 3. The summed E-state index contributed by atoms with van der Waals surface area (Å²) in [6.07, 6.45) is 12.6. The summed E-state index contributed by atoms with van der Waals surface area (Å²) in [4.78, 5) is 69.4. The van der Waals surface area contributed by atoms with Gasteiger partial charge in [0.25, 0.3) is 17.4 Å². The molecule has 61 heavy (non-hydrogen) atoms. The average Bonchev–Trinajstić information content (AvgIpc) is 3.78. The van der Waals surface area contributed by atoms with Crippen LogP contribution in [0.25, 0.3) is 22.3 Å². The molecule has 0 saturated carbocycles. The number of esters is 1. The maximum Gasteiger partial charge on any atom is 0.343 e. The minimum absolute atomic E-state index is 0.0145. The van der Waals surface area contributed by atoms with E-state index in [1.807, 2.05) is 25.2 Å². The van der Waals surface area contributed by atoms with Crippen LogP contribution in [0.3, 0.4) is 0 Å². The van der Waals surface area contributed by atoms with Crippen molar-refractivity contribution in [1.29, 1.82) is 0 Å². The molecule has 4 aliphatic rings. The van der Waals surface area contributed by atoms with Gasteiger partial charge in [0.1, 0.15) is 12.4 Å². The van der Waals surface area contributed by atoms with Crippen LogP contribution in [0.15, 0.2) is 53.5 Å². The standard InChI is InChI=1S/C45H53FN6O9/c1-4-45(58)32-22-36-41-30(25-52(36)43(56)31(32)26-61-44(45)57)40-34(11-10-29-28(3)33(46)23-35(49-41)39(29)40)50-42(55)27(2)24-48-15-6-5-9-18-59-20-21-60-19-16-47-14-7-8-17-51-37(53)12-13-38(51)54/h5-7,12-14,22-23,27,34,47-48,58H,4,8-11,15-21,24-26H2,1-3H3,(H,50,55)/t27?,34-,45-/m0/s1. The number of aryl methyl sites for hydroxylation is 1. The summed E-state index contributed by atoms with van der Waals surface area (Å²) in [6, 6.07) is 2.63. The third-order valence-corrected chi connectivity index (χ3v) is 11.9. The molecule has 0 spiro atoms. The third kappa shape index (κ3) is 8.94. The molecule has 4 N–H and O–H groups in total. The van der Waals surface area contributed by atoms with E-state index in [1.165, 1.54) is 23.1 Å². The Morgan fingerprint density at radius 3 is 2.59 bits per heavy atom. The Hall–Kier alpha value is -5.55. The zero-order chi connectivity index (χ0) is 43.3. The molecule has 16 heteroatoms. The minimum atomic E-state index is -1.98. The van der Waals surface area contributed by atoms with Gasteiger partial charge in [-0.25, -0.2) is 14.2 Å². The molecule has 3 aromatic rings. The fourth-order valence-electron chi connectivity index (χ4n) is 8.40. The number of amides is 3. The van der Waals surface area contributed by atoms with Crippen LogP contribution >= 0.6 is 0 Å². The Bertz CT molecular complexity index is 2360. The molecule has 1 unspecified atom stereocenters. The van der Waals surface area contributed by atoms with Crippen LogP contribution < -0.4 is 21.5 Å². The van der Waals surface area contributed by atoms with Crippen molar-refractivity contribution in [3.63, 3.8) is 0 Å². The Morgan fingerprint density at radius 2 is 1.82 bits per heavy atom. The number of benzene rings is 1. The predicted octanol–water partition coefficient (Wildman–Crippen LogP) is 3.25. The van der Waals surface area contributed by atoms with Crippen LogP contribution in [0.4, 0.5) is 4.39 Å². The van der Waals surface area contributed by atoms with Crippen molar-refractivity contribution < 1.29 is 42.9 Å². The van der Waals surface area contributed by atoms with Crippen molar-refractivity contribution in [2.75, 3.05) is 52.6 Å². The molecule has 0 bridgehead atoms. The van der Waals surface area contributed by atoms with Gasteiger partial charge in [0.05, 0.1) is 61.5 Å². The Kier molecular flexibility index (Phi) is 13.6. The van der Waals surface area contributed by atoms with E-state index < -0.39 is 17.6 Å². The molecule has 0 radical (unpaired) electrons. The van der Waals surface area contributed by atoms with Gasteiger partial charge >= 0.3 is 5.97 Å². The molecular weight excluding hydrogens is 788 g/mol. The normalized spacial score (nSPS) is 19.5. The number of aromatic nitrogens is 2. The summed E-state index contributed by atoms with van der Waals surface area (Å²) in [6.45, 7) is 9.20. The number of pyridine rings is 2. The van der Waals surface area contributed by atoms with Crippen molar-refractivity contribution in [1.82, 2.24) is 30.4 Å². The van der Waals surface area contributed by atoms with E-state index >= 15 is 4.39 Å². The smallest absolute Gasteiger partial charge is 0.343 e. The molecule has 0 saturated heterocycles. The SMILES string of the molecule is CC[C@@]1(O)C(=O)OCc2c1cc1n(c2=O)Cc2c-1nc1cc(F)c(C)c3c1c2[C@@H](NC(=O)C(C)CNCC=CCCOCCOCCNC=CCCN1C(=O)C=CC1=O)CC3. The highest BCUT2D eigenvalue weighted by Gasteiger charge is 2.46. The molecule has 2 aromatic heterocycles. The van der Waals surface area contributed by atoms with E-state index in [0.29, 0.717) is 94.3 Å². The first kappa shape index (κ1) is 43.5. The molecule has 3 aliphatic heterocycles. The molecule has 1 aromatic carbocycles. The number of rotatable bonds is 20. The summed E-state index contributed by atoms with van der Waals surface area (Å²) in [5, 5.41) is 21.8. The quantitative estimate of drug-likeness (QED) is 0.0441. The van der Waals surface area contributed by atoms with E-state index in [1.54, 1.807) is 30.7 Å². The minimum Gasteiger partial charge on any atom is -0.458 e. The van der Waals surface area contributed by atoms with E-state index in [0.717, 1.165) is 28.5 Å². The Balaban J connectivity index is 0.865. The van der Waals surface area contributed by atoms with Gasteiger partial charge in [-0.3, -0.25) is 24.1 Å². The molecule has 1 aliphatic carbocycles. The number of imide groups is 1. The lowest BCUT2D eigenvalue weighted by Crippen LogP contribution is -2.44. The molecule has 0 fully saturated rings. The zero-order valence-corrected chi connectivity index (χ0v) is 34.8. The number of fused-ring (bicyclic) bond motifs is 5. The lowest BCUT2D eigenvalue weighted by molar-refractivity contribution is -0.172. The van der Waals surface area contributed by atoms with Gasteiger partial charge < -0.3 is 39.8 Å². The van der Waals surface area contributed by atoms with Crippen molar-refractivity contribution in [2.24, 2.45) is 5.92 Å². The van der Waals surface area contributed by atoms with E-state index in [2.05, 4.69) is 16.0 Å². The van der Waals surface area contributed by atoms with Crippen molar-refractivity contribution in [3.8, 4) is 11.4 Å². The van der Waals surface area contributed by atoms with Crippen LogP contribution in [0.1, 0.15) is 79.0 Å². The van der Waals surface area contributed by atoms with Crippen LogP contribution in [0.5, 0.6) is 0 Å². The molecule has 3 amide bonds. The number of carbonyl (C=O) groups is 4. The van der Waals surface area contributed by atoms with E-state index in [9.17, 15) is 29.1 Å². The first-order chi connectivity index (χ1) is 29.4. The Labute approximate surface area is 353 Å². The van der Waals surface area contributed by atoms with Crippen LogP contribution in [0.2, 0.25) is 0 Å².